The van der Waals surface area contributed by atoms with Crippen molar-refractivity contribution in [3.05, 3.63) is 29.3 Å². The van der Waals surface area contributed by atoms with Crippen molar-refractivity contribution in [2.45, 2.75) is 39.7 Å². The van der Waals surface area contributed by atoms with Gasteiger partial charge in [0.05, 0.1) is 5.41 Å². The van der Waals surface area contributed by atoms with Crippen molar-refractivity contribution in [2.24, 2.45) is 11.1 Å². The summed E-state index contributed by atoms with van der Waals surface area (Å²) in [4.78, 5) is 12.5. The third-order valence-corrected chi connectivity index (χ3v) is 4.58. The minimum atomic E-state index is -0.450. The normalized spacial score (nSPS) is 14.8. The molecule has 1 amide bonds. The average molecular weight is 275 g/mol. The number of anilines is 1. The molecular weight excluding hydrogens is 250 g/mol. The third-order valence-electron chi connectivity index (χ3n) is 4.58. The monoisotopic (exact) mass is 275 g/mol. The van der Waals surface area contributed by atoms with Crippen molar-refractivity contribution in [3.8, 4) is 0 Å². The second-order valence-corrected chi connectivity index (χ2v) is 5.56. The Hall–Kier alpha value is -1.39. The first-order chi connectivity index (χ1) is 9.65. The summed E-state index contributed by atoms with van der Waals surface area (Å²) in [6, 6.07) is 6.19. The molecule has 1 aliphatic heterocycles. The molecule has 0 radical (unpaired) electrons. The molecule has 1 aromatic carbocycles. The first-order valence-corrected chi connectivity index (χ1v) is 7.49. The van der Waals surface area contributed by atoms with Crippen LogP contribution in [0.15, 0.2) is 18.2 Å². The Morgan fingerprint density at radius 2 is 2.10 bits per heavy atom. The van der Waals surface area contributed by atoms with Crippen LogP contribution >= 0.6 is 0 Å². The summed E-state index contributed by atoms with van der Waals surface area (Å²) >= 11 is 0. The quantitative estimate of drug-likeness (QED) is 0.770. The fourth-order valence-corrected chi connectivity index (χ4v) is 2.77. The van der Waals surface area contributed by atoms with E-state index in [0.717, 1.165) is 38.0 Å². The van der Waals surface area contributed by atoms with E-state index in [1.165, 1.54) is 11.1 Å². The molecule has 4 heteroatoms. The van der Waals surface area contributed by atoms with Crippen molar-refractivity contribution in [2.75, 3.05) is 18.4 Å². The van der Waals surface area contributed by atoms with E-state index in [0.29, 0.717) is 6.54 Å². The number of carbonyl (C=O) groups is 1. The number of nitrogens with two attached hydrogens (primary N) is 1. The van der Waals surface area contributed by atoms with Crippen LogP contribution in [-0.2, 0) is 17.8 Å². The molecule has 110 valence electrons. The fourth-order valence-electron chi connectivity index (χ4n) is 2.77. The van der Waals surface area contributed by atoms with E-state index >= 15 is 0 Å². The third kappa shape index (κ3) is 2.86. The van der Waals surface area contributed by atoms with Crippen LogP contribution in [0.3, 0.4) is 0 Å². The second-order valence-electron chi connectivity index (χ2n) is 5.56. The minimum Gasteiger partial charge on any atom is -0.329 e. The van der Waals surface area contributed by atoms with E-state index in [1.54, 1.807) is 0 Å². The van der Waals surface area contributed by atoms with Crippen LogP contribution in [0, 0.1) is 5.41 Å². The predicted molar refractivity (Wildman–Crippen MR) is 82.6 cm³/mol. The molecule has 0 saturated heterocycles. The van der Waals surface area contributed by atoms with E-state index in [1.807, 2.05) is 19.9 Å². The number of carbonyl (C=O) groups excluding carboxylic acids is 1. The topological polar surface area (TPSA) is 67.2 Å². The van der Waals surface area contributed by atoms with Crippen molar-refractivity contribution in [3.63, 3.8) is 0 Å². The summed E-state index contributed by atoms with van der Waals surface area (Å²) in [5.74, 6) is 0.0359. The van der Waals surface area contributed by atoms with Crippen LogP contribution in [0.1, 0.15) is 37.8 Å². The zero-order valence-electron chi connectivity index (χ0n) is 12.5. The van der Waals surface area contributed by atoms with Gasteiger partial charge in [-0.15, -0.1) is 0 Å². The minimum absolute atomic E-state index is 0.0359. The smallest absolute Gasteiger partial charge is 0.231 e. The van der Waals surface area contributed by atoms with Crippen molar-refractivity contribution < 1.29 is 4.79 Å². The maximum Gasteiger partial charge on any atom is 0.231 e. The highest BCUT2D eigenvalue weighted by atomic mass is 16.2. The molecule has 20 heavy (non-hydrogen) atoms. The van der Waals surface area contributed by atoms with E-state index in [2.05, 4.69) is 22.8 Å². The summed E-state index contributed by atoms with van der Waals surface area (Å²) in [6.45, 7) is 6.33. The Bertz CT molecular complexity index is 472. The first kappa shape index (κ1) is 15.0. The molecule has 1 heterocycles. The molecule has 0 unspecified atom stereocenters. The standard InChI is InChI=1S/C16H25N3O/c1-3-16(4-2,11-17)15(20)19-14-6-5-12-7-8-18-10-13(12)9-14/h5-6,9,18H,3-4,7-8,10-11,17H2,1-2H3,(H,19,20). The highest BCUT2D eigenvalue weighted by molar-refractivity contribution is 5.95. The summed E-state index contributed by atoms with van der Waals surface area (Å²) in [5, 5.41) is 6.39. The van der Waals surface area contributed by atoms with Gasteiger partial charge < -0.3 is 16.4 Å². The molecule has 0 atom stereocenters. The molecule has 0 spiro atoms. The molecule has 2 rings (SSSR count). The van der Waals surface area contributed by atoms with Gasteiger partial charge in [-0.1, -0.05) is 19.9 Å². The number of hydrogen-bond donors (Lipinski definition) is 3. The second kappa shape index (κ2) is 6.37. The van der Waals surface area contributed by atoms with Crippen molar-refractivity contribution in [1.82, 2.24) is 5.32 Å². The number of hydrogen-bond acceptors (Lipinski definition) is 3. The summed E-state index contributed by atoms with van der Waals surface area (Å²) in [7, 11) is 0. The van der Waals surface area contributed by atoms with Crippen LogP contribution in [0.2, 0.25) is 0 Å². The summed E-state index contributed by atoms with van der Waals surface area (Å²) < 4.78 is 0. The summed E-state index contributed by atoms with van der Waals surface area (Å²) in [5.41, 5.74) is 8.90. The Morgan fingerprint density at radius 3 is 2.75 bits per heavy atom. The largest absolute Gasteiger partial charge is 0.329 e. The molecule has 0 saturated carbocycles. The van der Waals surface area contributed by atoms with Crippen LogP contribution in [0.25, 0.3) is 0 Å². The van der Waals surface area contributed by atoms with Crippen LogP contribution in [0.5, 0.6) is 0 Å². The Balaban J connectivity index is 2.15. The molecule has 1 aromatic rings. The van der Waals surface area contributed by atoms with Gasteiger partial charge in [0.25, 0.3) is 0 Å². The average Bonchev–Trinajstić information content (AvgIpc) is 2.49. The first-order valence-electron chi connectivity index (χ1n) is 7.49. The molecule has 0 bridgehead atoms. The number of amides is 1. The number of benzene rings is 1. The van der Waals surface area contributed by atoms with Crippen molar-refractivity contribution >= 4 is 11.6 Å². The molecule has 4 nitrogen and oxygen atoms in total. The lowest BCUT2D eigenvalue weighted by molar-refractivity contribution is -0.125. The molecule has 0 aliphatic carbocycles. The molecular formula is C16H25N3O. The van der Waals surface area contributed by atoms with Gasteiger partial charge in [-0.3, -0.25) is 4.79 Å². The highest BCUT2D eigenvalue weighted by Crippen LogP contribution is 2.27. The lowest BCUT2D eigenvalue weighted by Crippen LogP contribution is -2.41. The van der Waals surface area contributed by atoms with Gasteiger partial charge in [-0.2, -0.15) is 0 Å². The lowest BCUT2D eigenvalue weighted by Gasteiger charge is -2.29. The number of fused-ring (bicyclic) bond motifs is 1. The van der Waals surface area contributed by atoms with Gasteiger partial charge in [-0.05, 0) is 49.1 Å². The van der Waals surface area contributed by atoms with Crippen LogP contribution in [0.4, 0.5) is 5.69 Å². The Kier molecular flexibility index (Phi) is 4.78. The Morgan fingerprint density at radius 1 is 1.35 bits per heavy atom. The molecule has 4 N–H and O–H groups in total. The van der Waals surface area contributed by atoms with E-state index in [4.69, 9.17) is 5.73 Å². The van der Waals surface area contributed by atoms with Gasteiger partial charge in [0.2, 0.25) is 5.91 Å². The molecule has 0 fully saturated rings. The highest BCUT2D eigenvalue weighted by Gasteiger charge is 2.33. The summed E-state index contributed by atoms with van der Waals surface area (Å²) in [6.07, 6.45) is 2.58. The fraction of sp³-hybridized carbons (Fsp3) is 0.562. The van der Waals surface area contributed by atoms with E-state index < -0.39 is 5.41 Å². The van der Waals surface area contributed by atoms with Crippen LogP contribution < -0.4 is 16.4 Å². The van der Waals surface area contributed by atoms with Gasteiger partial charge in [0.1, 0.15) is 0 Å². The lowest BCUT2D eigenvalue weighted by atomic mass is 9.81. The van der Waals surface area contributed by atoms with Crippen LogP contribution in [-0.4, -0.2) is 19.0 Å². The molecule has 0 aromatic heterocycles. The predicted octanol–water partition coefficient (Wildman–Crippen LogP) is 2.04. The zero-order chi connectivity index (χ0) is 14.6. The van der Waals surface area contributed by atoms with Gasteiger partial charge >= 0.3 is 0 Å². The Labute approximate surface area is 121 Å². The van der Waals surface area contributed by atoms with Gasteiger partial charge in [0, 0.05) is 18.8 Å². The molecule has 1 aliphatic rings. The van der Waals surface area contributed by atoms with Gasteiger partial charge in [0.15, 0.2) is 0 Å². The zero-order valence-corrected chi connectivity index (χ0v) is 12.5. The number of nitrogens with one attached hydrogen (secondary N) is 2. The van der Waals surface area contributed by atoms with E-state index in [9.17, 15) is 4.79 Å². The maximum atomic E-state index is 12.5. The SMILES string of the molecule is CCC(CC)(CN)C(=O)Nc1ccc2c(c1)CNCC2. The van der Waals surface area contributed by atoms with E-state index in [-0.39, 0.29) is 5.91 Å². The maximum absolute atomic E-state index is 12.5. The van der Waals surface area contributed by atoms with Gasteiger partial charge in [-0.25, -0.2) is 0 Å². The number of rotatable bonds is 5. The van der Waals surface area contributed by atoms with Crippen molar-refractivity contribution in [1.29, 1.82) is 0 Å².